The number of carbonyl (C=O) groups excluding carboxylic acids is 1. The summed E-state index contributed by atoms with van der Waals surface area (Å²) in [6, 6.07) is 14.0. The maximum atomic E-state index is 13.7. The number of nitrogens with zero attached hydrogens (tertiary/aromatic N) is 2. The summed E-state index contributed by atoms with van der Waals surface area (Å²) in [5.41, 5.74) is 4.69. The number of carbonyl (C=O) groups is 1. The van der Waals surface area contributed by atoms with Crippen LogP contribution >= 0.6 is 11.8 Å². The maximum absolute atomic E-state index is 13.7. The van der Waals surface area contributed by atoms with Crippen LogP contribution in [0.15, 0.2) is 53.4 Å². The van der Waals surface area contributed by atoms with Gasteiger partial charge in [0.25, 0.3) is 0 Å². The lowest BCUT2D eigenvalue weighted by atomic mass is 10.0. The number of benzene rings is 2. The molecule has 0 aliphatic carbocycles. The number of hydrogen-bond donors (Lipinski definition) is 2. The second kappa shape index (κ2) is 8.29. The fraction of sp³-hybridized carbons (Fsp3) is 0.273. The van der Waals surface area contributed by atoms with Crippen LogP contribution in [0.4, 0.5) is 14.9 Å². The summed E-state index contributed by atoms with van der Waals surface area (Å²) >= 11 is 1.69. The molecule has 0 spiro atoms. The molecule has 4 rings (SSSR count). The van der Waals surface area contributed by atoms with Gasteiger partial charge in [-0.2, -0.15) is 5.10 Å². The lowest BCUT2D eigenvalue weighted by Gasteiger charge is -2.26. The van der Waals surface area contributed by atoms with E-state index in [0.29, 0.717) is 12.2 Å². The molecular weight excluding hydrogens is 387 g/mol. The minimum Gasteiger partial charge on any atom is -0.331 e. The molecule has 1 unspecified atom stereocenters. The number of urea groups is 1. The highest BCUT2D eigenvalue weighted by molar-refractivity contribution is 7.99. The van der Waals surface area contributed by atoms with Crippen molar-refractivity contribution in [2.75, 3.05) is 11.1 Å². The summed E-state index contributed by atoms with van der Waals surface area (Å²) in [6.45, 7) is 4.64. The van der Waals surface area contributed by atoms with Gasteiger partial charge in [0, 0.05) is 22.0 Å². The monoisotopic (exact) mass is 410 g/mol. The van der Waals surface area contributed by atoms with Gasteiger partial charge < -0.3 is 10.6 Å². The van der Waals surface area contributed by atoms with Crippen LogP contribution in [-0.2, 0) is 6.54 Å². The number of fused-ring (bicyclic) bond motifs is 1. The largest absolute Gasteiger partial charge is 0.331 e. The number of aryl methyl sites for hydroxylation is 2. The standard InChI is InChI=1S/C22H23FN4OS/c1-14-10-15(2)27(26-14)13-16-4-3-5-18(11-16)24-22(28)25-20-8-9-29-21-7-6-17(23)12-19(20)21/h3-7,10-12,20H,8-9,13H2,1-2H3,(H2,24,25,28). The van der Waals surface area contributed by atoms with Crippen LogP contribution in [0, 0.1) is 19.7 Å². The molecule has 150 valence electrons. The third-order valence-electron chi connectivity index (χ3n) is 4.94. The van der Waals surface area contributed by atoms with Crippen LogP contribution < -0.4 is 10.6 Å². The zero-order chi connectivity index (χ0) is 20.4. The van der Waals surface area contributed by atoms with E-state index in [1.807, 2.05) is 48.9 Å². The summed E-state index contributed by atoms with van der Waals surface area (Å²) < 4.78 is 15.6. The summed E-state index contributed by atoms with van der Waals surface area (Å²) in [5, 5.41) is 10.4. The molecule has 0 fully saturated rings. The number of rotatable bonds is 4. The average Bonchev–Trinajstić information content (AvgIpc) is 2.99. The molecule has 0 saturated heterocycles. The molecule has 2 heterocycles. The van der Waals surface area contributed by atoms with Gasteiger partial charge >= 0.3 is 6.03 Å². The van der Waals surface area contributed by atoms with E-state index < -0.39 is 0 Å². The van der Waals surface area contributed by atoms with E-state index in [1.54, 1.807) is 17.8 Å². The molecule has 1 aliphatic heterocycles. The SMILES string of the molecule is Cc1cc(C)n(Cc2cccc(NC(=O)NC3CCSc4ccc(F)cc43)c2)n1. The Kier molecular flexibility index (Phi) is 5.58. The predicted octanol–water partition coefficient (Wildman–Crippen LogP) is 5.05. The minimum atomic E-state index is -0.291. The molecule has 1 atom stereocenters. The van der Waals surface area contributed by atoms with E-state index in [4.69, 9.17) is 0 Å². The first-order chi connectivity index (χ1) is 14.0. The maximum Gasteiger partial charge on any atom is 0.319 e. The van der Waals surface area contributed by atoms with Gasteiger partial charge in [-0.1, -0.05) is 12.1 Å². The van der Waals surface area contributed by atoms with Crippen molar-refractivity contribution in [2.24, 2.45) is 0 Å². The molecule has 2 aromatic carbocycles. The Morgan fingerprint density at radius 1 is 1.24 bits per heavy atom. The van der Waals surface area contributed by atoms with E-state index in [9.17, 15) is 9.18 Å². The van der Waals surface area contributed by atoms with Crippen molar-refractivity contribution < 1.29 is 9.18 Å². The highest BCUT2D eigenvalue weighted by Gasteiger charge is 2.23. The lowest BCUT2D eigenvalue weighted by Crippen LogP contribution is -2.34. The molecule has 2 N–H and O–H groups in total. The van der Waals surface area contributed by atoms with Crippen molar-refractivity contribution in [1.82, 2.24) is 15.1 Å². The summed E-state index contributed by atoms with van der Waals surface area (Å²) in [6.07, 6.45) is 0.770. The van der Waals surface area contributed by atoms with E-state index in [2.05, 4.69) is 15.7 Å². The summed E-state index contributed by atoms with van der Waals surface area (Å²) in [4.78, 5) is 13.6. The molecule has 5 nitrogen and oxygen atoms in total. The molecule has 2 amide bonds. The molecule has 29 heavy (non-hydrogen) atoms. The smallest absolute Gasteiger partial charge is 0.319 e. The van der Waals surface area contributed by atoms with Crippen LogP contribution in [0.25, 0.3) is 0 Å². The first-order valence-corrected chi connectivity index (χ1v) is 10.6. The molecule has 1 aliphatic rings. The second-order valence-electron chi connectivity index (χ2n) is 7.26. The van der Waals surface area contributed by atoms with Gasteiger partial charge in [0.15, 0.2) is 0 Å². The van der Waals surface area contributed by atoms with Crippen molar-refractivity contribution in [3.05, 3.63) is 76.9 Å². The summed E-state index contributed by atoms with van der Waals surface area (Å²) in [5.74, 6) is 0.608. The van der Waals surface area contributed by atoms with Crippen LogP contribution in [0.3, 0.4) is 0 Å². The molecular formula is C22H23FN4OS. The lowest BCUT2D eigenvalue weighted by molar-refractivity contribution is 0.248. The van der Waals surface area contributed by atoms with Crippen molar-refractivity contribution in [2.45, 2.75) is 37.8 Å². The Morgan fingerprint density at radius 2 is 2.10 bits per heavy atom. The first kappa shape index (κ1) is 19.5. The number of aromatic nitrogens is 2. The molecule has 3 aromatic rings. The van der Waals surface area contributed by atoms with E-state index >= 15 is 0 Å². The van der Waals surface area contributed by atoms with Crippen molar-refractivity contribution in [3.63, 3.8) is 0 Å². The fourth-order valence-electron chi connectivity index (χ4n) is 3.60. The third-order valence-corrected chi connectivity index (χ3v) is 6.06. The fourth-order valence-corrected chi connectivity index (χ4v) is 4.70. The van der Waals surface area contributed by atoms with Crippen LogP contribution in [0.5, 0.6) is 0 Å². The van der Waals surface area contributed by atoms with Crippen molar-refractivity contribution in [1.29, 1.82) is 0 Å². The number of anilines is 1. The Morgan fingerprint density at radius 3 is 2.90 bits per heavy atom. The first-order valence-electron chi connectivity index (χ1n) is 9.58. The van der Waals surface area contributed by atoms with Gasteiger partial charge in [-0.25, -0.2) is 9.18 Å². The van der Waals surface area contributed by atoms with Gasteiger partial charge in [0.05, 0.1) is 18.3 Å². The minimum absolute atomic E-state index is 0.195. The second-order valence-corrected chi connectivity index (χ2v) is 8.39. The number of amides is 2. The Labute approximate surface area is 173 Å². The zero-order valence-corrected chi connectivity index (χ0v) is 17.2. The highest BCUT2D eigenvalue weighted by Crippen LogP contribution is 2.36. The molecule has 1 aromatic heterocycles. The number of hydrogen-bond acceptors (Lipinski definition) is 3. The van der Waals surface area contributed by atoms with Crippen LogP contribution in [0.2, 0.25) is 0 Å². The normalized spacial score (nSPS) is 15.6. The Balaban J connectivity index is 1.43. The van der Waals surface area contributed by atoms with Crippen LogP contribution in [0.1, 0.15) is 35.0 Å². The van der Waals surface area contributed by atoms with Gasteiger partial charge in [0.2, 0.25) is 0 Å². The highest BCUT2D eigenvalue weighted by atomic mass is 32.2. The van der Waals surface area contributed by atoms with Crippen molar-refractivity contribution in [3.8, 4) is 0 Å². The molecule has 0 radical (unpaired) electrons. The Bertz CT molecular complexity index is 1050. The van der Waals surface area contributed by atoms with Crippen molar-refractivity contribution >= 4 is 23.5 Å². The van der Waals surface area contributed by atoms with E-state index in [0.717, 1.165) is 39.6 Å². The van der Waals surface area contributed by atoms with Gasteiger partial charge in [-0.15, -0.1) is 11.8 Å². The topological polar surface area (TPSA) is 59.0 Å². The molecule has 0 bridgehead atoms. The van der Waals surface area contributed by atoms with Gasteiger partial charge in [-0.05, 0) is 67.8 Å². The number of thioether (sulfide) groups is 1. The van der Waals surface area contributed by atoms with E-state index in [1.165, 1.54) is 12.1 Å². The zero-order valence-electron chi connectivity index (χ0n) is 16.4. The third kappa shape index (κ3) is 4.62. The van der Waals surface area contributed by atoms with Gasteiger partial charge in [0.1, 0.15) is 5.82 Å². The number of nitrogens with one attached hydrogen (secondary N) is 2. The molecule has 7 heteroatoms. The predicted molar refractivity (Wildman–Crippen MR) is 114 cm³/mol. The Hall–Kier alpha value is -2.80. The number of halogens is 1. The average molecular weight is 411 g/mol. The van der Waals surface area contributed by atoms with Gasteiger partial charge in [-0.3, -0.25) is 4.68 Å². The molecule has 0 saturated carbocycles. The van der Waals surface area contributed by atoms with Crippen LogP contribution in [-0.4, -0.2) is 21.6 Å². The quantitative estimate of drug-likeness (QED) is 0.633. The van der Waals surface area contributed by atoms with E-state index in [-0.39, 0.29) is 17.9 Å². The summed E-state index contributed by atoms with van der Waals surface area (Å²) in [7, 11) is 0.